The Labute approximate surface area is 169 Å². The number of nitrogens with one attached hydrogen (secondary N) is 1. The first-order valence-corrected chi connectivity index (χ1v) is 9.96. The van der Waals surface area contributed by atoms with Crippen molar-refractivity contribution in [2.45, 2.75) is 38.3 Å². The minimum atomic E-state index is -0.434. The zero-order valence-electron chi connectivity index (χ0n) is 16.7. The van der Waals surface area contributed by atoms with E-state index in [0.29, 0.717) is 30.9 Å². The molecule has 0 aromatic heterocycles. The fourth-order valence-electron chi connectivity index (χ4n) is 4.38. The lowest BCUT2D eigenvalue weighted by Gasteiger charge is -2.42. The fraction of sp³-hybridized carbons (Fsp3) is 0.409. The van der Waals surface area contributed by atoms with Crippen molar-refractivity contribution in [3.8, 4) is 0 Å². The Morgan fingerprint density at radius 2 is 2.07 bits per heavy atom. The number of aryl methyl sites for hydroxylation is 1. The van der Waals surface area contributed by atoms with Crippen LogP contribution < -0.4 is 10.2 Å². The Hall–Kier alpha value is -2.93. The number of nitro benzene ring substituents is 1. The van der Waals surface area contributed by atoms with Crippen LogP contribution in [0.2, 0.25) is 0 Å². The van der Waals surface area contributed by atoms with Crippen LogP contribution in [-0.2, 0) is 16.8 Å². The molecule has 7 heteroatoms. The number of benzene rings is 2. The van der Waals surface area contributed by atoms with Crippen molar-refractivity contribution in [1.82, 2.24) is 5.32 Å². The van der Waals surface area contributed by atoms with Crippen LogP contribution >= 0.6 is 0 Å². The fourth-order valence-corrected chi connectivity index (χ4v) is 4.38. The molecule has 1 amide bonds. The van der Waals surface area contributed by atoms with Crippen LogP contribution in [0.4, 0.5) is 11.4 Å². The van der Waals surface area contributed by atoms with Crippen molar-refractivity contribution in [2.24, 2.45) is 0 Å². The van der Waals surface area contributed by atoms with Gasteiger partial charge in [0.15, 0.2) is 0 Å². The third-order valence-corrected chi connectivity index (χ3v) is 5.69. The summed E-state index contributed by atoms with van der Waals surface area (Å²) in [5.74, 6) is -0.308. The van der Waals surface area contributed by atoms with Gasteiger partial charge in [-0.1, -0.05) is 24.3 Å². The second-order valence-electron chi connectivity index (χ2n) is 8.01. The average molecular weight is 395 g/mol. The molecule has 1 fully saturated rings. The molecule has 1 aliphatic carbocycles. The van der Waals surface area contributed by atoms with Crippen LogP contribution in [0.5, 0.6) is 0 Å². The molecule has 2 aliphatic rings. The van der Waals surface area contributed by atoms with Crippen LogP contribution in [0.3, 0.4) is 0 Å². The van der Waals surface area contributed by atoms with E-state index in [1.54, 1.807) is 12.1 Å². The maximum atomic E-state index is 12.3. The second-order valence-corrected chi connectivity index (χ2v) is 8.01. The normalized spacial score (nSPS) is 20.7. The zero-order valence-corrected chi connectivity index (χ0v) is 16.7. The van der Waals surface area contributed by atoms with Crippen molar-refractivity contribution in [2.75, 3.05) is 24.6 Å². The number of carbonyl (C=O) groups is 1. The smallest absolute Gasteiger partial charge is 0.293 e. The Kier molecular flexibility index (Phi) is 5.00. The highest BCUT2D eigenvalue weighted by molar-refractivity contribution is 5.96. The zero-order chi connectivity index (χ0) is 20.6. The number of rotatable bonds is 4. The van der Waals surface area contributed by atoms with Gasteiger partial charge in [-0.25, -0.2) is 0 Å². The monoisotopic (exact) mass is 395 g/mol. The van der Waals surface area contributed by atoms with Gasteiger partial charge in [0.25, 0.3) is 11.6 Å². The Bertz CT molecular complexity index is 955. The SMILES string of the molecule is CC(C)NC(=O)c1ccc(N2CCOC3(CCc4ccccc43)C2)c([N+](=O)[O-])c1. The van der Waals surface area contributed by atoms with Gasteiger partial charge in [0.1, 0.15) is 11.3 Å². The summed E-state index contributed by atoms with van der Waals surface area (Å²) in [7, 11) is 0. The summed E-state index contributed by atoms with van der Waals surface area (Å²) in [6.07, 6.45) is 1.81. The summed E-state index contributed by atoms with van der Waals surface area (Å²) >= 11 is 0. The van der Waals surface area contributed by atoms with Gasteiger partial charge in [-0.2, -0.15) is 0 Å². The molecule has 0 bridgehead atoms. The number of fused-ring (bicyclic) bond motifs is 2. The summed E-state index contributed by atoms with van der Waals surface area (Å²) < 4.78 is 6.24. The van der Waals surface area contributed by atoms with Crippen molar-refractivity contribution in [1.29, 1.82) is 0 Å². The van der Waals surface area contributed by atoms with Gasteiger partial charge in [0, 0.05) is 24.2 Å². The Balaban J connectivity index is 1.66. The minimum absolute atomic E-state index is 0.0391. The van der Waals surface area contributed by atoms with Gasteiger partial charge < -0.3 is 15.0 Å². The standard InChI is InChI=1S/C22H25N3O4/c1-15(2)23-21(26)17-7-8-19(20(13-17)25(27)28)24-11-12-29-22(14-24)10-9-16-5-3-4-6-18(16)22/h3-8,13,15H,9-12,14H2,1-2H3,(H,23,26). The number of nitro groups is 1. The molecule has 1 aliphatic heterocycles. The predicted molar refractivity (Wildman–Crippen MR) is 110 cm³/mol. The highest BCUT2D eigenvalue weighted by atomic mass is 16.6. The summed E-state index contributed by atoms with van der Waals surface area (Å²) in [4.78, 5) is 25.7. The molecular formula is C22H25N3O4. The molecule has 4 rings (SSSR count). The van der Waals surface area contributed by atoms with Gasteiger partial charge >= 0.3 is 0 Å². The van der Waals surface area contributed by atoms with Crippen molar-refractivity contribution in [3.05, 3.63) is 69.3 Å². The molecule has 29 heavy (non-hydrogen) atoms. The van der Waals surface area contributed by atoms with E-state index >= 15 is 0 Å². The molecule has 2 aromatic carbocycles. The van der Waals surface area contributed by atoms with Crippen molar-refractivity contribution in [3.63, 3.8) is 0 Å². The third kappa shape index (κ3) is 3.58. The van der Waals surface area contributed by atoms with E-state index in [2.05, 4.69) is 17.4 Å². The van der Waals surface area contributed by atoms with E-state index < -0.39 is 10.5 Å². The number of morpholine rings is 1. The number of ether oxygens (including phenoxy) is 1. The predicted octanol–water partition coefficient (Wildman–Crippen LogP) is 3.41. The number of amides is 1. The first kappa shape index (κ1) is 19.4. The third-order valence-electron chi connectivity index (χ3n) is 5.69. The van der Waals surface area contributed by atoms with Gasteiger partial charge in [0.2, 0.25) is 0 Å². The molecule has 1 heterocycles. The Morgan fingerprint density at radius 1 is 1.28 bits per heavy atom. The lowest BCUT2D eigenvalue weighted by Crippen LogP contribution is -2.49. The van der Waals surface area contributed by atoms with E-state index in [0.717, 1.165) is 12.8 Å². The van der Waals surface area contributed by atoms with E-state index in [4.69, 9.17) is 4.74 Å². The minimum Gasteiger partial charge on any atom is -0.367 e. The van der Waals surface area contributed by atoms with Crippen LogP contribution in [0, 0.1) is 10.1 Å². The highest BCUT2D eigenvalue weighted by Crippen LogP contribution is 2.44. The molecule has 1 saturated heterocycles. The molecule has 7 nitrogen and oxygen atoms in total. The van der Waals surface area contributed by atoms with Crippen molar-refractivity contribution < 1.29 is 14.5 Å². The molecule has 1 spiro atoms. The molecular weight excluding hydrogens is 370 g/mol. The molecule has 1 N–H and O–H groups in total. The molecule has 1 atom stereocenters. The highest BCUT2D eigenvalue weighted by Gasteiger charge is 2.44. The topological polar surface area (TPSA) is 84.7 Å². The summed E-state index contributed by atoms with van der Waals surface area (Å²) in [5, 5.41) is 14.6. The van der Waals surface area contributed by atoms with Gasteiger partial charge in [0.05, 0.1) is 18.1 Å². The summed E-state index contributed by atoms with van der Waals surface area (Å²) in [6.45, 7) is 5.34. The molecule has 152 valence electrons. The largest absolute Gasteiger partial charge is 0.367 e. The van der Waals surface area contributed by atoms with Crippen molar-refractivity contribution >= 4 is 17.3 Å². The lowest BCUT2D eigenvalue weighted by molar-refractivity contribution is -0.384. The average Bonchev–Trinajstić information content (AvgIpc) is 3.05. The number of carbonyl (C=O) groups excluding carboxylic acids is 1. The summed E-state index contributed by atoms with van der Waals surface area (Å²) in [5.41, 5.74) is 2.80. The second kappa shape index (κ2) is 7.48. The van der Waals surface area contributed by atoms with E-state index in [1.807, 2.05) is 30.9 Å². The summed E-state index contributed by atoms with van der Waals surface area (Å²) in [6, 6.07) is 12.9. The first-order chi connectivity index (χ1) is 13.9. The van der Waals surface area contributed by atoms with Gasteiger partial charge in [-0.05, 0) is 49.9 Å². The molecule has 2 aromatic rings. The first-order valence-electron chi connectivity index (χ1n) is 9.96. The molecule has 1 unspecified atom stereocenters. The molecule has 0 saturated carbocycles. The Morgan fingerprint density at radius 3 is 2.83 bits per heavy atom. The van der Waals surface area contributed by atoms with E-state index in [9.17, 15) is 14.9 Å². The van der Waals surface area contributed by atoms with Gasteiger partial charge in [-0.15, -0.1) is 0 Å². The number of hydrogen-bond donors (Lipinski definition) is 1. The van der Waals surface area contributed by atoms with Crippen LogP contribution in [0.15, 0.2) is 42.5 Å². The van der Waals surface area contributed by atoms with E-state index in [-0.39, 0.29) is 17.6 Å². The number of nitrogens with zero attached hydrogens (tertiary/aromatic N) is 2. The number of anilines is 1. The van der Waals surface area contributed by atoms with Crippen LogP contribution in [-0.4, -0.2) is 36.6 Å². The van der Waals surface area contributed by atoms with Crippen LogP contribution in [0.1, 0.15) is 41.8 Å². The maximum absolute atomic E-state index is 12.3. The van der Waals surface area contributed by atoms with Crippen LogP contribution in [0.25, 0.3) is 0 Å². The lowest BCUT2D eigenvalue weighted by atomic mass is 9.93. The molecule has 0 radical (unpaired) electrons. The van der Waals surface area contributed by atoms with E-state index in [1.165, 1.54) is 17.2 Å². The number of hydrogen-bond acceptors (Lipinski definition) is 5. The maximum Gasteiger partial charge on any atom is 0.293 e. The quantitative estimate of drug-likeness (QED) is 0.633. The van der Waals surface area contributed by atoms with Gasteiger partial charge in [-0.3, -0.25) is 14.9 Å².